The molecule has 27 heavy (non-hydrogen) atoms. The molecule has 0 aromatic rings. The molecule has 1 saturated heterocycles. The van der Waals surface area contributed by atoms with Crippen LogP contribution in [0.25, 0.3) is 0 Å². The van der Waals surface area contributed by atoms with Gasteiger partial charge in [0, 0.05) is 18.5 Å². The van der Waals surface area contributed by atoms with Crippen molar-refractivity contribution in [1.29, 1.82) is 0 Å². The van der Waals surface area contributed by atoms with E-state index in [4.69, 9.17) is 0 Å². The Morgan fingerprint density at radius 3 is 2.44 bits per heavy atom. The Morgan fingerprint density at radius 2 is 1.96 bits per heavy atom. The molecule has 0 radical (unpaired) electrons. The van der Waals surface area contributed by atoms with Gasteiger partial charge in [0.1, 0.15) is 12.5 Å². The molecule has 3 unspecified atom stereocenters. The lowest BCUT2D eigenvalue weighted by atomic mass is 9.61. The van der Waals surface area contributed by atoms with Crippen LogP contribution in [0.1, 0.15) is 73.6 Å². The highest BCUT2D eigenvalue weighted by Crippen LogP contribution is 2.48. The van der Waals surface area contributed by atoms with Gasteiger partial charge in [-0.2, -0.15) is 0 Å². The highest BCUT2D eigenvalue weighted by atomic mass is 16.3. The van der Waals surface area contributed by atoms with E-state index in [0.29, 0.717) is 25.9 Å². The molecular formula is C22H42N2O3. The second-order valence-electron chi connectivity index (χ2n) is 9.82. The van der Waals surface area contributed by atoms with E-state index in [1.54, 1.807) is 0 Å². The summed E-state index contributed by atoms with van der Waals surface area (Å²) in [7, 11) is 0. The molecule has 0 bridgehead atoms. The standard InChI is InChI=1S/C22H42N2O3/c1-7-18(25)23-19(15(2)3)20(26)24-13-12-22(27,21(5,6)14-24)17-10-8-16(4)9-11-17/h8,15,17-20,23,25-27H,7,9-14H2,1-6H3/t17?,18?,19-,20?,22-/m1/s1. The first kappa shape index (κ1) is 22.8. The van der Waals surface area contributed by atoms with Gasteiger partial charge in [0.05, 0.1) is 11.6 Å². The highest BCUT2D eigenvalue weighted by Gasteiger charge is 2.53. The van der Waals surface area contributed by atoms with Crippen LogP contribution in [0.4, 0.5) is 0 Å². The van der Waals surface area contributed by atoms with Crippen molar-refractivity contribution in [3.05, 3.63) is 11.6 Å². The smallest absolute Gasteiger partial charge is 0.123 e. The average Bonchev–Trinajstić information content (AvgIpc) is 2.61. The Balaban J connectivity index is 2.11. The van der Waals surface area contributed by atoms with Crippen LogP contribution in [-0.4, -0.2) is 57.4 Å². The van der Waals surface area contributed by atoms with Gasteiger partial charge in [0.2, 0.25) is 0 Å². The molecule has 5 atom stereocenters. The summed E-state index contributed by atoms with van der Waals surface area (Å²) < 4.78 is 0. The van der Waals surface area contributed by atoms with Gasteiger partial charge in [-0.3, -0.25) is 10.2 Å². The molecule has 1 aliphatic carbocycles. The van der Waals surface area contributed by atoms with Gasteiger partial charge in [-0.15, -0.1) is 0 Å². The molecule has 5 nitrogen and oxygen atoms in total. The van der Waals surface area contributed by atoms with Gasteiger partial charge < -0.3 is 15.3 Å². The minimum Gasteiger partial charge on any atom is -0.389 e. The topological polar surface area (TPSA) is 76.0 Å². The third-order valence-electron chi connectivity index (χ3n) is 7.05. The van der Waals surface area contributed by atoms with Crippen molar-refractivity contribution in [2.75, 3.05) is 13.1 Å². The summed E-state index contributed by atoms with van der Waals surface area (Å²) in [5, 5.41) is 35.9. The number of piperidine rings is 1. The van der Waals surface area contributed by atoms with Crippen LogP contribution in [0.15, 0.2) is 11.6 Å². The molecule has 0 aromatic carbocycles. The fourth-order valence-corrected chi connectivity index (χ4v) is 4.95. The fraction of sp³-hybridized carbons (Fsp3) is 0.909. The van der Waals surface area contributed by atoms with Crippen molar-refractivity contribution in [1.82, 2.24) is 10.2 Å². The number of aliphatic hydroxyl groups is 3. The molecule has 0 amide bonds. The van der Waals surface area contributed by atoms with E-state index in [2.05, 4.69) is 50.9 Å². The lowest BCUT2D eigenvalue weighted by molar-refractivity contribution is -0.184. The molecule has 1 aliphatic heterocycles. The quantitative estimate of drug-likeness (QED) is 0.402. The van der Waals surface area contributed by atoms with E-state index in [9.17, 15) is 15.3 Å². The number of aliphatic hydroxyl groups excluding tert-OH is 2. The molecule has 1 heterocycles. The van der Waals surface area contributed by atoms with Crippen molar-refractivity contribution < 1.29 is 15.3 Å². The summed E-state index contributed by atoms with van der Waals surface area (Å²) >= 11 is 0. The van der Waals surface area contributed by atoms with Crippen LogP contribution in [0.2, 0.25) is 0 Å². The third-order valence-corrected chi connectivity index (χ3v) is 7.05. The van der Waals surface area contributed by atoms with E-state index in [0.717, 1.165) is 19.3 Å². The van der Waals surface area contributed by atoms with Crippen molar-refractivity contribution in [2.45, 2.75) is 97.7 Å². The van der Waals surface area contributed by atoms with Gasteiger partial charge in [0.15, 0.2) is 0 Å². The predicted octanol–water partition coefficient (Wildman–Crippen LogP) is 2.86. The first-order valence-corrected chi connectivity index (χ1v) is 10.8. The van der Waals surface area contributed by atoms with E-state index < -0.39 is 18.1 Å². The van der Waals surface area contributed by atoms with E-state index in [1.807, 2.05) is 6.92 Å². The Hall–Kier alpha value is -0.460. The molecule has 158 valence electrons. The van der Waals surface area contributed by atoms with Crippen molar-refractivity contribution in [2.24, 2.45) is 17.3 Å². The maximum atomic E-state index is 11.6. The Bertz CT molecular complexity index is 520. The molecule has 2 aliphatic rings. The number of nitrogens with one attached hydrogen (secondary N) is 1. The van der Waals surface area contributed by atoms with Crippen LogP contribution in [0.5, 0.6) is 0 Å². The molecule has 1 fully saturated rings. The zero-order valence-corrected chi connectivity index (χ0v) is 18.2. The number of allylic oxidation sites excluding steroid dienone is 2. The van der Waals surface area contributed by atoms with Crippen LogP contribution in [0.3, 0.4) is 0 Å². The summed E-state index contributed by atoms with van der Waals surface area (Å²) in [6.07, 6.45) is 5.35. The predicted molar refractivity (Wildman–Crippen MR) is 110 cm³/mol. The molecule has 0 aromatic heterocycles. The lowest BCUT2D eigenvalue weighted by Gasteiger charge is -2.56. The summed E-state index contributed by atoms with van der Waals surface area (Å²) in [4.78, 5) is 2.08. The third kappa shape index (κ3) is 4.94. The number of hydrogen-bond donors (Lipinski definition) is 4. The Kier molecular flexibility index (Phi) is 7.54. The Morgan fingerprint density at radius 1 is 1.30 bits per heavy atom. The number of likely N-dealkylation sites (tertiary alicyclic amines) is 1. The first-order valence-electron chi connectivity index (χ1n) is 10.8. The summed E-state index contributed by atoms with van der Waals surface area (Å²) in [5.41, 5.74) is 0.422. The minimum absolute atomic E-state index is 0.191. The molecule has 0 saturated carbocycles. The molecule has 2 rings (SSSR count). The SMILES string of the molecule is CCC(O)N[C@H](C(C)C)C(O)N1CC[C@@](O)(C2CC=C(C)CC2)C(C)(C)C1. The minimum atomic E-state index is -0.704. The first-order chi connectivity index (χ1) is 12.5. The van der Waals surface area contributed by atoms with E-state index in [-0.39, 0.29) is 23.3 Å². The van der Waals surface area contributed by atoms with Crippen LogP contribution in [-0.2, 0) is 0 Å². The largest absolute Gasteiger partial charge is 0.389 e. The number of hydrogen-bond acceptors (Lipinski definition) is 5. The number of nitrogens with zero attached hydrogens (tertiary/aromatic N) is 1. The van der Waals surface area contributed by atoms with Crippen LogP contribution < -0.4 is 5.32 Å². The molecule has 5 heteroatoms. The normalized spacial score (nSPS) is 32.8. The van der Waals surface area contributed by atoms with Crippen molar-refractivity contribution in [3.63, 3.8) is 0 Å². The number of rotatable bonds is 7. The maximum absolute atomic E-state index is 11.6. The maximum Gasteiger partial charge on any atom is 0.123 e. The second-order valence-corrected chi connectivity index (χ2v) is 9.82. The summed E-state index contributed by atoms with van der Waals surface area (Å²) in [6.45, 7) is 13.8. The van der Waals surface area contributed by atoms with Gasteiger partial charge in [-0.25, -0.2) is 0 Å². The van der Waals surface area contributed by atoms with E-state index >= 15 is 0 Å². The zero-order chi connectivity index (χ0) is 20.4. The molecule has 4 N–H and O–H groups in total. The van der Waals surface area contributed by atoms with Gasteiger partial charge in [-0.05, 0) is 50.9 Å². The summed E-state index contributed by atoms with van der Waals surface area (Å²) in [5.74, 6) is 0.480. The summed E-state index contributed by atoms with van der Waals surface area (Å²) in [6, 6.07) is -0.206. The lowest BCUT2D eigenvalue weighted by Crippen LogP contribution is -2.65. The average molecular weight is 383 g/mol. The van der Waals surface area contributed by atoms with Gasteiger partial charge in [-0.1, -0.05) is 46.3 Å². The van der Waals surface area contributed by atoms with Crippen LogP contribution in [0, 0.1) is 17.3 Å². The van der Waals surface area contributed by atoms with Crippen LogP contribution >= 0.6 is 0 Å². The second kappa shape index (κ2) is 8.91. The highest BCUT2D eigenvalue weighted by molar-refractivity contribution is 5.11. The monoisotopic (exact) mass is 382 g/mol. The van der Waals surface area contributed by atoms with Crippen molar-refractivity contribution in [3.8, 4) is 0 Å². The molecular weight excluding hydrogens is 340 g/mol. The van der Waals surface area contributed by atoms with Gasteiger partial charge in [0.25, 0.3) is 0 Å². The fourth-order valence-electron chi connectivity index (χ4n) is 4.95. The van der Waals surface area contributed by atoms with Crippen molar-refractivity contribution >= 4 is 0 Å². The Labute approximate surface area is 165 Å². The molecule has 0 spiro atoms. The zero-order valence-electron chi connectivity index (χ0n) is 18.2. The van der Waals surface area contributed by atoms with E-state index in [1.165, 1.54) is 5.57 Å². The van der Waals surface area contributed by atoms with Gasteiger partial charge >= 0.3 is 0 Å².